The highest BCUT2D eigenvalue weighted by atomic mass is 32.2. The molecule has 0 saturated carbocycles. The van der Waals surface area contributed by atoms with E-state index in [0.29, 0.717) is 10.5 Å². The zero-order chi connectivity index (χ0) is 18.5. The summed E-state index contributed by atoms with van der Waals surface area (Å²) in [7, 11) is 0. The predicted octanol–water partition coefficient (Wildman–Crippen LogP) is 3.86. The maximum Gasteiger partial charge on any atom is 0.316 e. The third kappa shape index (κ3) is 4.28. The average Bonchev–Trinajstić information content (AvgIpc) is 3.09. The molecule has 0 N–H and O–H groups in total. The fraction of sp³-hybridized carbons (Fsp3) is 0.111. The number of carbonyl (C=O) groups excluding carboxylic acids is 2. The highest BCUT2D eigenvalue weighted by Crippen LogP contribution is 2.22. The number of nitro benzene ring substituents is 1. The number of ether oxygens (including phenoxy) is 1. The van der Waals surface area contributed by atoms with Gasteiger partial charge in [-0.1, -0.05) is 18.2 Å². The first-order valence-corrected chi connectivity index (χ1v) is 8.56. The van der Waals surface area contributed by atoms with E-state index in [-0.39, 0.29) is 17.2 Å². The van der Waals surface area contributed by atoms with E-state index in [9.17, 15) is 19.7 Å². The highest BCUT2D eigenvalue weighted by molar-refractivity contribution is 8.00. The molecule has 132 valence electrons. The van der Waals surface area contributed by atoms with E-state index >= 15 is 0 Å². The number of esters is 1. The number of thioether (sulfide) groups is 1. The lowest BCUT2D eigenvalue weighted by Crippen LogP contribution is -2.15. The van der Waals surface area contributed by atoms with E-state index in [1.54, 1.807) is 30.3 Å². The summed E-state index contributed by atoms with van der Waals surface area (Å²) in [5.74, 6) is -0.847. The van der Waals surface area contributed by atoms with Gasteiger partial charge >= 0.3 is 5.97 Å². The van der Waals surface area contributed by atoms with Crippen molar-refractivity contribution >= 4 is 40.2 Å². The van der Waals surface area contributed by atoms with Crippen LogP contribution in [0.2, 0.25) is 0 Å². The smallest absolute Gasteiger partial charge is 0.316 e. The van der Waals surface area contributed by atoms with Gasteiger partial charge in [0.1, 0.15) is 5.58 Å². The summed E-state index contributed by atoms with van der Waals surface area (Å²) >= 11 is 1.17. The number of carbonyl (C=O) groups is 2. The van der Waals surface area contributed by atoms with Crippen LogP contribution in [0, 0.1) is 10.1 Å². The molecule has 1 heterocycles. The first-order chi connectivity index (χ1) is 12.5. The standard InChI is InChI=1S/C18H13NO6S/c20-15(17-9-12-3-1-2-4-16(12)25-17)10-24-18(21)11-26-14-7-5-13(6-8-14)19(22)23/h1-9H,10-11H2. The van der Waals surface area contributed by atoms with Gasteiger partial charge in [0, 0.05) is 22.4 Å². The average molecular weight is 371 g/mol. The van der Waals surface area contributed by atoms with E-state index < -0.39 is 23.3 Å². The molecule has 0 spiro atoms. The first-order valence-electron chi connectivity index (χ1n) is 7.57. The van der Waals surface area contributed by atoms with Crippen LogP contribution < -0.4 is 0 Å². The minimum absolute atomic E-state index is 0.00871. The Labute approximate surface area is 152 Å². The number of nitro groups is 1. The molecule has 8 heteroatoms. The van der Waals surface area contributed by atoms with Crippen LogP contribution in [0.5, 0.6) is 0 Å². The number of fused-ring (bicyclic) bond motifs is 1. The molecule has 2 aromatic carbocycles. The number of Topliss-reactive ketones (excluding diaryl/α,β-unsaturated/α-hetero) is 1. The van der Waals surface area contributed by atoms with Gasteiger partial charge in [-0.25, -0.2) is 0 Å². The van der Waals surface area contributed by atoms with Gasteiger partial charge in [-0.15, -0.1) is 11.8 Å². The van der Waals surface area contributed by atoms with Crippen LogP contribution in [0.25, 0.3) is 11.0 Å². The maximum atomic E-state index is 12.1. The third-order valence-corrected chi connectivity index (χ3v) is 4.45. The number of nitrogens with zero attached hydrogens (tertiary/aromatic N) is 1. The quantitative estimate of drug-likeness (QED) is 0.204. The summed E-state index contributed by atoms with van der Waals surface area (Å²) in [6.45, 7) is -0.403. The lowest BCUT2D eigenvalue weighted by molar-refractivity contribution is -0.384. The fourth-order valence-electron chi connectivity index (χ4n) is 2.18. The van der Waals surface area contributed by atoms with E-state index in [0.717, 1.165) is 5.39 Å². The Morgan fingerprint density at radius 3 is 2.54 bits per heavy atom. The second-order valence-electron chi connectivity index (χ2n) is 5.27. The van der Waals surface area contributed by atoms with E-state index in [1.165, 1.54) is 23.9 Å². The molecule has 0 amide bonds. The van der Waals surface area contributed by atoms with Crippen LogP contribution in [0.1, 0.15) is 10.6 Å². The van der Waals surface area contributed by atoms with Gasteiger partial charge in [0.05, 0.1) is 10.7 Å². The molecule has 0 saturated heterocycles. The Kier molecular flexibility index (Phi) is 5.33. The number of rotatable bonds is 7. The summed E-state index contributed by atoms with van der Waals surface area (Å²) in [5.41, 5.74) is 0.573. The summed E-state index contributed by atoms with van der Waals surface area (Å²) in [4.78, 5) is 34.6. The molecule has 0 aliphatic carbocycles. The van der Waals surface area contributed by atoms with Crippen molar-refractivity contribution in [3.05, 3.63) is 70.5 Å². The Morgan fingerprint density at radius 2 is 1.85 bits per heavy atom. The van der Waals surface area contributed by atoms with Gasteiger partial charge in [-0.2, -0.15) is 0 Å². The van der Waals surface area contributed by atoms with E-state index in [1.807, 2.05) is 12.1 Å². The van der Waals surface area contributed by atoms with Crippen molar-refractivity contribution in [2.24, 2.45) is 0 Å². The molecule has 0 aliphatic rings. The maximum absolute atomic E-state index is 12.1. The molecule has 26 heavy (non-hydrogen) atoms. The van der Waals surface area contributed by atoms with Crippen molar-refractivity contribution in [2.45, 2.75) is 4.90 Å². The van der Waals surface area contributed by atoms with Crippen molar-refractivity contribution in [3.63, 3.8) is 0 Å². The SMILES string of the molecule is O=C(CSc1ccc([N+](=O)[O-])cc1)OCC(=O)c1cc2ccccc2o1. The topological polar surface area (TPSA) is 99.6 Å². The second kappa shape index (κ2) is 7.83. The minimum atomic E-state index is -0.558. The number of hydrogen-bond donors (Lipinski definition) is 0. The second-order valence-corrected chi connectivity index (χ2v) is 6.32. The zero-order valence-electron chi connectivity index (χ0n) is 13.4. The summed E-state index contributed by atoms with van der Waals surface area (Å²) in [6.07, 6.45) is 0. The molecule has 0 radical (unpaired) electrons. The van der Waals surface area contributed by atoms with Crippen LogP contribution in [0.3, 0.4) is 0 Å². The van der Waals surface area contributed by atoms with Crippen molar-refractivity contribution in [1.29, 1.82) is 0 Å². The Hall–Kier alpha value is -3.13. The monoisotopic (exact) mass is 371 g/mol. The van der Waals surface area contributed by atoms with Gasteiger partial charge in [-0.3, -0.25) is 19.7 Å². The Balaban J connectivity index is 1.48. The normalized spacial score (nSPS) is 10.6. The molecule has 0 fully saturated rings. The number of para-hydroxylation sites is 1. The molecule has 1 aromatic heterocycles. The molecule has 0 atom stereocenters. The Bertz CT molecular complexity index is 930. The van der Waals surface area contributed by atoms with Crippen LogP contribution in [0.4, 0.5) is 5.69 Å². The minimum Gasteiger partial charge on any atom is -0.457 e. The van der Waals surface area contributed by atoms with Gasteiger partial charge < -0.3 is 9.15 Å². The van der Waals surface area contributed by atoms with Crippen molar-refractivity contribution < 1.29 is 23.7 Å². The van der Waals surface area contributed by atoms with Crippen molar-refractivity contribution in [1.82, 2.24) is 0 Å². The number of ketones is 1. The van der Waals surface area contributed by atoms with Gasteiger partial charge in [-0.05, 0) is 24.3 Å². The van der Waals surface area contributed by atoms with Gasteiger partial charge in [0.25, 0.3) is 5.69 Å². The molecule has 3 rings (SSSR count). The van der Waals surface area contributed by atoms with Gasteiger partial charge in [0.2, 0.25) is 5.78 Å². The van der Waals surface area contributed by atoms with Crippen LogP contribution in [0.15, 0.2) is 63.9 Å². The third-order valence-electron chi connectivity index (χ3n) is 3.47. The van der Waals surface area contributed by atoms with Crippen LogP contribution in [-0.2, 0) is 9.53 Å². The summed E-state index contributed by atoms with van der Waals surface area (Å²) < 4.78 is 10.4. The fourth-order valence-corrected chi connectivity index (χ4v) is 2.88. The zero-order valence-corrected chi connectivity index (χ0v) is 14.2. The molecular weight excluding hydrogens is 358 g/mol. The highest BCUT2D eigenvalue weighted by Gasteiger charge is 2.15. The van der Waals surface area contributed by atoms with Crippen LogP contribution in [-0.4, -0.2) is 29.0 Å². The Morgan fingerprint density at radius 1 is 1.12 bits per heavy atom. The van der Waals surface area contributed by atoms with Crippen LogP contribution >= 0.6 is 11.8 Å². The molecule has 7 nitrogen and oxygen atoms in total. The molecule has 0 unspecified atom stereocenters. The summed E-state index contributed by atoms with van der Waals surface area (Å²) in [5, 5.41) is 11.4. The molecule has 0 aliphatic heterocycles. The predicted molar refractivity (Wildman–Crippen MR) is 95.3 cm³/mol. The van der Waals surface area contributed by atoms with Gasteiger partial charge in [0.15, 0.2) is 12.4 Å². The van der Waals surface area contributed by atoms with Crippen molar-refractivity contribution in [2.75, 3.05) is 12.4 Å². The van der Waals surface area contributed by atoms with Crippen molar-refractivity contribution in [3.8, 4) is 0 Å². The molecular formula is C18H13NO6S. The van der Waals surface area contributed by atoms with E-state index in [2.05, 4.69) is 0 Å². The number of hydrogen-bond acceptors (Lipinski definition) is 7. The van der Waals surface area contributed by atoms with E-state index in [4.69, 9.17) is 9.15 Å². The number of benzene rings is 2. The largest absolute Gasteiger partial charge is 0.457 e. The number of furan rings is 1. The lowest BCUT2D eigenvalue weighted by Gasteiger charge is -2.03. The lowest BCUT2D eigenvalue weighted by atomic mass is 10.2. The summed E-state index contributed by atoms with van der Waals surface area (Å²) in [6, 6.07) is 14.6. The number of non-ortho nitro benzene ring substituents is 1. The molecule has 0 bridgehead atoms. The first kappa shape index (κ1) is 17.7. The molecule has 3 aromatic rings.